The number of rotatable bonds is 4. The van der Waals surface area contributed by atoms with E-state index in [-0.39, 0.29) is 0 Å². The Hall–Kier alpha value is -1.36. The lowest BCUT2D eigenvalue weighted by Gasteiger charge is -2.30. The molecule has 16 heavy (non-hydrogen) atoms. The fourth-order valence-electron chi connectivity index (χ4n) is 2.28. The van der Waals surface area contributed by atoms with Crippen molar-refractivity contribution in [3.05, 3.63) is 18.5 Å². The second-order valence-corrected chi connectivity index (χ2v) is 4.44. The Morgan fingerprint density at radius 1 is 1.56 bits per heavy atom. The Morgan fingerprint density at radius 3 is 3.00 bits per heavy atom. The average molecular weight is 223 g/mol. The number of likely N-dealkylation sites (tertiary alicyclic amines) is 1. The summed E-state index contributed by atoms with van der Waals surface area (Å²) in [7, 11) is 0. The van der Waals surface area contributed by atoms with Gasteiger partial charge < -0.3 is 5.11 Å². The van der Waals surface area contributed by atoms with Crippen LogP contribution in [0, 0.1) is 0 Å². The van der Waals surface area contributed by atoms with E-state index >= 15 is 0 Å². The topological polar surface area (TPSA) is 58.4 Å². The van der Waals surface area contributed by atoms with Crippen molar-refractivity contribution in [3.63, 3.8) is 0 Å². The fraction of sp³-hybridized carbons (Fsp3) is 0.636. The van der Waals surface area contributed by atoms with Crippen molar-refractivity contribution < 1.29 is 9.90 Å². The zero-order chi connectivity index (χ0) is 11.6. The maximum atomic E-state index is 11.2. The third-order valence-corrected chi connectivity index (χ3v) is 3.41. The van der Waals surface area contributed by atoms with Crippen molar-refractivity contribution >= 4 is 5.97 Å². The van der Waals surface area contributed by atoms with Gasteiger partial charge in [-0.2, -0.15) is 5.10 Å². The Bertz CT molecular complexity index is 363. The highest BCUT2D eigenvalue weighted by atomic mass is 16.4. The molecule has 5 nitrogen and oxygen atoms in total. The number of aromatic nitrogens is 2. The summed E-state index contributed by atoms with van der Waals surface area (Å²) >= 11 is 0. The van der Waals surface area contributed by atoms with Gasteiger partial charge in [0.15, 0.2) is 0 Å². The van der Waals surface area contributed by atoms with Gasteiger partial charge >= 0.3 is 5.97 Å². The van der Waals surface area contributed by atoms with Crippen LogP contribution in [0.4, 0.5) is 0 Å². The number of hydrogen-bond donors (Lipinski definition) is 1. The lowest BCUT2D eigenvalue weighted by atomic mass is 9.99. The van der Waals surface area contributed by atoms with Gasteiger partial charge in [-0.15, -0.1) is 0 Å². The highest BCUT2D eigenvalue weighted by Crippen LogP contribution is 2.28. The van der Waals surface area contributed by atoms with E-state index in [9.17, 15) is 9.90 Å². The van der Waals surface area contributed by atoms with E-state index in [0.29, 0.717) is 0 Å². The predicted molar refractivity (Wildman–Crippen MR) is 59.1 cm³/mol. The van der Waals surface area contributed by atoms with E-state index in [1.807, 2.05) is 28.8 Å². The lowest BCUT2D eigenvalue weighted by Crippen LogP contribution is -2.48. The van der Waals surface area contributed by atoms with E-state index in [2.05, 4.69) is 5.10 Å². The molecule has 1 aliphatic heterocycles. The molecule has 2 heterocycles. The molecule has 0 saturated carbocycles. The molecule has 0 amide bonds. The molecule has 1 aliphatic rings. The van der Waals surface area contributed by atoms with Crippen LogP contribution in [-0.4, -0.2) is 44.4 Å². The van der Waals surface area contributed by atoms with Gasteiger partial charge in [-0.3, -0.25) is 14.4 Å². The van der Waals surface area contributed by atoms with Crippen LogP contribution < -0.4 is 0 Å². The third kappa shape index (κ3) is 1.95. The molecule has 0 bridgehead atoms. The van der Waals surface area contributed by atoms with E-state index in [0.717, 1.165) is 32.5 Å². The SMILES string of the molecule is CC1(C(=O)O)CCCN1CCn1cccn1. The highest BCUT2D eigenvalue weighted by Gasteiger charge is 2.42. The first kappa shape index (κ1) is 11.1. The molecular formula is C11H17N3O2. The summed E-state index contributed by atoms with van der Waals surface area (Å²) in [6.45, 7) is 4.16. The van der Waals surface area contributed by atoms with Gasteiger partial charge in [-0.1, -0.05) is 0 Å². The van der Waals surface area contributed by atoms with Gasteiger partial charge in [-0.25, -0.2) is 0 Å². The Labute approximate surface area is 94.7 Å². The maximum absolute atomic E-state index is 11.2. The maximum Gasteiger partial charge on any atom is 0.323 e. The molecule has 1 atom stereocenters. The van der Waals surface area contributed by atoms with Crippen molar-refractivity contribution in [2.24, 2.45) is 0 Å². The van der Waals surface area contributed by atoms with Gasteiger partial charge in [0.05, 0.1) is 6.54 Å². The van der Waals surface area contributed by atoms with Crippen molar-refractivity contribution in [1.29, 1.82) is 0 Å². The van der Waals surface area contributed by atoms with Crippen molar-refractivity contribution in [2.75, 3.05) is 13.1 Å². The second-order valence-electron chi connectivity index (χ2n) is 4.44. The van der Waals surface area contributed by atoms with Gasteiger partial charge in [0.2, 0.25) is 0 Å². The molecule has 0 aliphatic carbocycles. The second kappa shape index (κ2) is 4.25. The number of aliphatic carboxylic acids is 1. The molecule has 1 fully saturated rings. The summed E-state index contributed by atoms with van der Waals surface area (Å²) in [6.07, 6.45) is 5.33. The number of carbonyl (C=O) groups is 1. The first-order chi connectivity index (χ1) is 7.63. The van der Waals surface area contributed by atoms with Crippen LogP contribution in [0.25, 0.3) is 0 Å². The summed E-state index contributed by atoms with van der Waals surface area (Å²) in [4.78, 5) is 13.3. The number of carboxylic acid groups (broad SMARTS) is 1. The Balaban J connectivity index is 1.96. The smallest absolute Gasteiger partial charge is 0.323 e. The van der Waals surface area contributed by atoms with E-state index in [1.165, 1.54) is 0 Å². The summed E-state index contributed by atoms with van der Waals surface area (Å²) in [6, 6.07) is 1.88. The van der Waals surface area contributed by atoms with Crippen molar-refractivity contribution in [3.8, 4) is 0 Å². The number of carboxylic acids is 1. The molecule has 1 aromatic heterocycles. The predicted octanol–water partition coefficient (Wildman–Crippen LogP) is 0.822. The van der Waals surface area contributed by atoms with Crippen LogP contribution in [0.3, 0.4) is 0 Å². The van der Waals surface area contributed by atoms with Crippen molar-refractivity contribution in [2.45, 2.75) is 31.8 Å². The lowest BCUT2D eigenvalue weighted by molar-refractivity contribution is -0.148. The molecule has 0 radical (unpaired) electrons. The Kier molecular flexibility index (Phi) is 2.96. The summed E-state index contributed by atoms with van der Waals surface area (Å²) in [5, 5.41) is 13.3. The molecule has 1 N–H and O–H groups in total. The minimum Gasteiger partial charge on any atom is -0.480 e. The largest absolute Gasteiger partial charge is 0.480 e. The molecule has 1 saturated heterocycles. The van der Waals surface area contributed by atoms with Gasteiger partial charge in [0, 0.05) is 18.9 Å². The summed E-state index contributed by atoms with van der Waals surface area (Å²) < 4.78 is 1.83. The molecule has 2 rings (SSSR count). The molecule has 1 aromatic rings. The summed E-state index contributed by atoms with van der Waals surface area (Å²) in [5.41, 5.74) is -0.687. The Morgan fingerprint density at radius 2 is 2.38 bits per heavy atom. The van der Waals surface area contributed by atoms with E-state index in [4.69, 9.17) is 0 Å². The normalized spacial score (nSPS) is 26.1. The van der Waals surface area contributed by atoms with Crippen molar-refractivity contribution in [1.82, 2.24) is 14.7 Å². The zero-order valence-corrected chi connectivity index (χ0v) is 9.46. The zero-order valence-electron chi connectivity index (χ0n) is 9.46. The van der Waals surface area contributed by atoms with Crippen LogP contribution >= 0.6 is 0 Å². The highest BCUT2D eigenvalue weighted by molar-refractivity contribution is 5.78. The summed E-state index contributed by atoms with van der Waals surface area (Å²) in [5.74, 6) is -0.717. The first-order valence-corrected chi connectivity index (χ1v) is 5.59. The first-order valence-electron chi connectivity index (χ1n) is 5.59. The minimum atomic E-state index is -0.717. The molecule has 88 valence electrons. The van der Waals surface area contributed by atoms with Gasteiger partial charge in [0.1, 0.15) is 5.54 Å². The van der Waals surface area contributed by atoms with Gasteiger partial charge in [-0.05, 0) is 32.4 Å². The number of nitrogens with zero attached hydrogens (tertiary/aromatic N) is 3. The van der Waals surface area contributed by atoms with Crippen LogP contribution in [-0.2, 0) is 11.3 Å². The molecule has 0 aromatic carbocycles. The van der Waals surface area contributed by atoms with Crippen LogP contribution in [0.2, 0.25) is 0 Å². The molecule has 1 unspecified atom stereocenters. The fourth-order valence-corrected chi connectivity index (χ4v) is 2.28. The monoisotopic (exact) mass is 223 g/mol. The molecular weight excluding hydrogens is 206 g/mol. The third-order valence-electron chi connectivity index (χ3n) is 3.41. The average Bonchev–Trinajstić information content (AvgIpc) is 2.85. The van der Waals surface area contributed by atoms with Crippen LogP contribution in [0.15, 0.2) is 18.5 Å². The van der Waals surface area contributed by atoms with E-state index in [1.54, 1.807) is 6.20 Å². The number of hydrogen-bond acceptors (Lipinski definition) is 3. The standard InChI is InChI=1S/C11H17N3O2/c1-11(10(15)16)4-2-6-13(11)8-9-14-7-3-5-12-14/h3,5,7H,2,4,6,8-9H2,1H3,(H,15,16). The minimum absolute atomic E-state index is 0.687. The molecule has 5 heteroatoms. The van der Waals surface area contributed by atoms with E-state index < -0.39 is 11.5 Å². The molecule has 0 spiro atoms. The van der Waals surface area contributed by atoms with Crippen LogP contribution in [0.1, 0.15) is 19.8 Å². The van der Waals surface area contributed by atoms with Crippen LogP contribution in [0.5, 0.6) is 0 Å². The quantitative estimate of drug-likeness (QED) is 0.821. The van der Waals surface area contributed by atoms with Gasteiger partial charge in [0.25, 0.3) is 0 Å².